The number of hydrogen-bond donors (Lipinski definition) is 3. The van der Waals surface area contributed by atoms with Crippen LogP contribution in [0.5, 0.6) is 0 Å². The van der Waals surface area contributed by atoms with Gasteiger partial charge in [-0.05, 0) is 19.4 Å². The molecule has 0 aromatic rings. The van der Waals surface area contributed by atoms with Crippen LogP contribution in [-0.4, -0.2) is 112 Å². The Morgan fingerprint density at radius 1 is 0.327 bits per heavy atom. The summed E-state index contributed by atoms with van der Waals surface area (Å²) in [5, 5.41) is 17.9. The molecule has 0 spiro atoms. The van der Waals surface area contributed by atoms with Gasteiger partial charge in [0.25, 0.3) is 0 Å². The first kappa shape index (κ1) is 49.9. The molecule has 314 valence electrons. The van der Waals surface area contributed by atoms with Crippen molar-refractivity contribution in [2.24, 2.45) is 5.73 Å². The Bertz CT molecular complexity index is 1130. The Kier molecular flexibility index (Phi) is 13.0. The zero-order chi connectivity index (χ0) is 42.8. The number of aliphatic hydroxyl groups is 2. The number of nitrogens with two attached hydrogens (primary N) is 1. The van der Waals surface area contributed by atoms with Gasteiger partial charge in [-0.25, -0.2) is 13.7 Å². The van der Waals surface area contributed by atoms with Crippen molar-refractivity contribution in [1.29, 1.82) is 0 Å². The average molecular weight is 848 g/mol. The monoisotopic (exact) mass is 848 g/mol. The molecular weight excluding hydrogens is 832 g/mol. The van der Waals surface area contributed by atoms with Gasteiger partial charge in [-0.2, -0.15) is 114 Å². The zero-order valence-electron chi connectivity index (χ0n) is 23.7. The summed E-state index contributed by atoms with van der Waals surface area (Å²) in [5.74, 6) is -94.3. The third kappa shape index (κ3) is 6.75. The molecule has 0 aliphatic rings. The third-order valence-corrected chi connectivity index (χ3v) is 6.83. The SMILES string of the molecule is NCCCCCCN(C(F)(C(O)(F)C(F)(F)F)C(F)(F)C(F)(F)C(F)(F)C(F)(F)F)C(F)(C(O)(F)C(F)(F)F)C(F)(F)C(F)(F)C(F)(F)C(F)(F)F. The van der Waals surface area contributed by atoms with Gasteiger partial charge in [0.2, 0.25) is 0 Å². The van der Waals surface area contributed by atoms with Crippen molar-refractivity contribution in [3.05, 3.63) is 0 Å². The van der Waals surface area contributed by atoms with E-state index in [1.54, 1.807) is 0 Å². The van der Waals surface area contributed by atoms with Crippen LogP contribution in [0.15, 0.2) is 0 Å². The fourth-order valence-electron chi connectivity index (χ4n) is 3.94. The lowest BCUT2D eigenvalue weighted by Gasteiger charge is -2.57. The second-order valence-corrected chi connectivity index (χ2v) is 10.3. The molecule has 0 amide bonds. The van der Waals surface area contributed by atoms with Crippen LogP contribution in [0.1, 0.15) is 25.7 Å². The van der Waals surface area contributed by atoms with E-state index in [4.69, 9.17) is 15.9 Å². The number of hydrogen-bond acceptors (Lipinski definition) is 4. The maximum atomic E-state index is 16.1. The summed E-state index contributed by atoms with van der Waals surface area (Å²) in [4.78, 5) is -4.66. The Morgan fingerprint density at radius 3 is 0.788 bits per heavy atom. The van der Waals surface area contributed by atoms with Gasteiger partial charge in [0.1, 0.15) is 0 Å². The second kappa shape index (κ2) is 13.6. The quantitative estimate of drug-likeness (QED) is 0.0829. The molecule has 0 heterocycles. The van der Waals surface area contributed by atoms with Gasteiger partial charge >= 0.3 is 83.5 Å². The minimum absolute atomic E-state index is 0.676. The highest BCUT2D eigenvalue weighted by atomic mass is 19.4. The summed E-state index contributed by atoms with van der Waals surface area (Å²) in [5.41, 5.74) is 4.84. The van der Waals surface area contributed by atoms with Gasteiger partial charge in [0.05, 0.1) is 0 Å². The minimum Gasteiger partial charge on any atom is -0.351 e. The average Bonchev–Trinajstić information content (AvgIpc) is 2.90. The molecule has 52 heavy (non-hydrogen) atoms. The molecular formula is C20H16F28N2O2. The van der Waals surface area contributed by atoms with E-state index in [0.717, 1.165) is 0 Å². The lowest BCUT2D eigenvalue weighted by Crippen LogP contribution is -2.88. The summed E-state index contributed by atoms with van der Waals surface area (Å²) in [6, 6.07) is 0. The smallest absolute Gasteiger partial charge is 0.351 e. The molecule has 0 aromatic heterocycles. The maximum Gasteiger partial charge on any atom is 0.460 e. The van der Waals surface area contributed by atoms with Crippen molar-refractivity contribution in [3.63, 3.8) is 0 Å². The second-order valence-electron chi connectivity index (χ2n) is 10.3. The van der Waals surface area contributed by atoms with Gasteiger partial charge < -0.3 is 15.9 Å². The van der Waals surface area contributed by atoms with E-state index >= 15 is 26.3 Å². The van der Waals surface area contributed by atoms with Crippen molar-refractivity contribution >= 4 is 0 Å². The number of unbranched alkanes of at least 4 members (excludes halogenated alkanes) is 3. The van der Waals surface area contributed by atoms with Gasteiger partial charge in [-0.15, -0.1) is 0 Å². The van der Waals surface area contributed by atoms with Gasteiger partial charge in [0, 0.05) is 6.54 Å². The molecule has 32 heteroatoms. The summed E-state index contributed by atoms with van der Waals surface area (Å²) in [7, 11) is 0. The van der Waals surface area contributed by atoms with Crippen LogP contribution in [0.2, 0.25) is 0 Å². The number of halogens is 28. The highest BCUT2D eigenvalue weighted by Gasteiger charge is 3.00. The third-order valence-electron chi connectivity index (χ3n) is 6.83. The summed E-state index contributed by atoms with van der Waals surface area (Å²) in [6.07, 6.45) is -40.3. The van der Waals surface area contributed by atoms with Crippen molar-refractivity contribution in [2.45, 2.75) is 109 Å². The number of rotatable bonds is 16. The molecule has 4 nitrogen and oxygen atoms in total. The first-order chi connectivity index (χ1) is 22.2. The molecule has 0 aliphatic heterocycles. The van der Waals surface area contributed by atoms with Gasteiger partial charge in [-0.3, -0.25) is 0 Å². The van der Waals surface area contributed by atoms with E-state index in [2.05, 4.69) is 0 Å². The number of alkyl halides is 28. The maximum absolute atomic E-state index is 16.1. The number of nitrogens with zero attached hydrogens (tertiary/aromatic N) is 1. The summed E-state index contributed by atoms with van der Waals surface area (Å²) < 4.78 is 390. The van der Waals surface area contributed by atoms with E-state index in [1.165, 1.54) is 0 Å². The van der Waals surface area contributed by atoms with Crippen LogP contribution in [-0.2, 0) is 0 Å². The molecule has 4 atom stereocenters. The highest BCUT2D eigenvalue weighted by Crippen LogP contribution is 2.68. The normalized spacial score (nSPS) is 20.3. The van der Waals surface area contributed by atoms with Gasteiger partial charge in [-0.1, -0.05) is 12.8 Å². The Morgan fingerprint density at radius 2 is 0.577 bits per heavy atom. The fourth-order valence-corrected chi connectivity index (χ4v) is 3.94. The van der Waals surface area contributed by atoms with Crippen molar-refractivity contribution < 1.29 is 133 Å². The lowest BCUT2D eigenvalue weighted by molar-refractivity contribution is -0.521. The molecule has 0 radical (unpaired) electrons. The van der Waals surface area contributed by atoms with Crippen molar-refractivity contribution in [2.75, 3.05) is 13.1 Å². The van der Waals surface area contributed by atoms with Crippen molar-refractivity contribution in [3.8, 4) is 0 Å². The predicted octanol–water partition coefficient (Wildman–Crippen LogP) is 8.52. The molecule has 0 rings (SSSR count). The van der Waals surface area contributed by atoms with E-state index in [9.17, 15) is 96.6 Å². The van der Waals surface area contributed by atoms with E-state index in [1.807, 2.05) is 0 Å². The molecule has 0 aromatic carbocycles. The van der Waals surface area contributed by atoms with Crippen LogP contribution in [0.25, 0.3) is 0 Å². The topological polar surface area (TPSA) is 69.7 Å². The molecule has 0 fully saturated rings. The molecule has 0 aliphatic carbocycles. The van der Waals surface area contributed by atoms with E-state index in [-0.39, 0.29) is 0 Å². The molecule has 0 saturated carbocycles. The van der Waals surface area contributed by atoms with Crippen LogP contribution < -0.4 is 5.73 Å². The van der Waals surface area contributed by atoms with Crippen LogP contribution in [0.3, 0.4) is 0 Å². The van der Waals surface area contributed by atoms with Crippen LogP contribution in [0, 0.1) is 0 Å². The molecule has 4 N–H and O–H groups in total. The summed E-state index contributed by atoms with van der Waals surface area (Å²) >= 11 is 0. The van der Waals surface area contributed by atoms with Crippen LogP contribution >= 0.6 is 0 Å². The standard InChI is InChI=1S/C20H16F28N2O2/c21-7(22,11(29,30)17(37,38)39)9(25,26)13(33,15(35,51)19(43,44)45)50(6-4-2-1-3-5-49)14(34,16(36,52)20(46,47)48)10(27,28)8(23,24)12(31,32)18(40,41)42/h51-52H,1-6,49H2. The zero-order valence-corrected chi connectivity index (χ0v) is 23.7. The minimum atomic E-state index is -9.83. The highest BCUT2D eigenvalue weighted by molar-refractivity contribution is 5.23. The van der Waals surface area contributed by atoms with E-state index in [0.29, 0.717) is 0 Å². The Hall–Kier alpha value is -2.12. The largest absolute Gasteiger partial charge is 0.460 e. The van der Waals surface area contributed by atoms with Crippen LogP contribution in [0.4, 0.5) is 123 Å². The lowest BCUT2D eigenvalue weighted by atomic mass is 9.81. The first-order valence-corrected chi connectivity index (χ1v) is 12.4. The predicted molar refractivity (Wildman–Crippen MR) is 108 cm³/mol. The van der Waals surface area contributed by atoms with E-state index < -0.39 is 127 Å². The fraction of sp³-hybridized carbons (Fsp3) is 1.00. The first-order valence-electron chi connectivity index (χ1n) is 12.4. The van der Waals surface area contributed by atoms with Crippen molar-refractivity contribution in [1.82, 2.24) is 4.90 Å². The molecule has 0 saturated heterocycles. The molecule has 4 unspecified atom stereocenters. The van der Waals surface area contributed by atoms with Gasteiger partial charge in [0.15, 0.2) is 0 Å². The Balaban J connectivity index is 9.37. The molecule has 0 bridgehead atoms. The Labute approximate surface area is 267 Å². The summed E-state index contributed by atoms with van der Waals surface area (Å²) in [6.45, 7) is -4.86.